The van der Waals surface area contributed by atoms with Gasteiger partial charge in [0.25, 0.3) is 0 Å². The van der Waals surface area contributed by atoms with Gasteiger partial charge in [-0.05, 0) is 49.2 Å². The minimum absolute atomic E-state index is 0.0176. The van der Waals surface area contributed by atoms with Crippen molar-refractivity contribution in [3.63, 3.8) is 0 Å². The maximum absolute atomic E-state index is 12.3. The third-order valence-corrected chi connectivity index (χ3v) is 4.54. The van der Waals surface area contributed by atoms with Crippen LogP contribution in [-0.4, -0.2) is 29.9 Å². The summed E-state index contributed by atoms with van der Waals surface area (Å²) in [4.78, 5) is 26.4. The summed E-state index contributed by atoms with van der Waals surface area (Å²) < 4.78 is 0. The van der Waals surface area contributed by atoms with Crippen LogP contribution in [0.2, 0.25) is 5.02 Å². The maximum atomic E-state index is 12.3. The number of halogens is 1. The van der Waals surface area contributed by atoms with Gasteiger partial charge in [0.15, 0.2) is 0 Å². The Balaban J connectivity index is 1.48. The summed E-state index contributed by atoms with van der Waals surface area (Å²) in [5.74, 6) is -0.0521. The monoisotopic (exact) mass is 357 g/mol. The molecule has 2 N–H and O–H groups in total. The number of hydrogen-bond donors (Lipinski definition) is 2. The van der Waals surface area contributed by atoms with E-state index in [1.807, 2.05) is 30.3 Å². The van der Waals surface area contributed by atoms with Crippen LogP contribution in [0.25, 0.3) is 0 Å². The molecule has 130 valence electrons. The molecule has 0 unspecified atom stereocenters. The molecule has 2 aromatic rings. The maximum Gasteiger partial charge on any atom is 0.321 e. The van der Waals surface area contributed by atoms with Gasteiger partial charge in [-0.2, -0.15) is 0 Å². The van der Waals surface area contributed by atoms with Crippen LogP contribution >= 0.6 is 11.6 Å². The lowest BCUT2D eigenvalue weighted by atomic mass is 9.96. The highest BCUT2D eigenvalue weighted by Gasteiger charge is 2.27. The van der Waals surface area contributed by atoms with Gasteiger partial charge in [0.2, 0.25) is 5.91 Å². The molecule has 0 spiro atoms. The van der Waals surface area contributed by atoms with Crippen molar-refractivity contribution in [1.29, 1.82) is 0 Å². The van der Waals surface area contributed by atoms with Crippen molar-refractivity contribution in [2.45, 2.75) is 12.8 Å². The molecule has 0 saturated carbocycles. The molecule has 3 amide bonds. The molecular formula is C19H20ClN3O2. The standard InChI is InChI=1S/C19H20ClN3O2/c20-15-6-8-17(9-7-15)22-19(25)23-12-10-14(11-13-23)18(24)21-16-4-2-1-3-5-16/h1-9,14H,10-13H2,(H,21,24)(H,22,25). The molecule has 6 heteroatoms. The second-order valence-electron chi connectivity index (χ2n) is 6.05. The van der Waals surface area contributed by atoms with Gasteiger partial charge in [0, 0.05) is 35.4 Å². The zero-order valence-corrected chi connectivity index (χ0v) is 14.5. The van der Waals surface area contributed by atoms with Crippen molar-refractivity contribution in [1.82, 2.24) is 4.90 Å². The average Bonchev–Trinajstić information content (AvgIpc) is 2.64. The van der Waals surface area contributed by atoms with E-state index in [4.69, 9.17) is 11.6 Å². The number of likely N-dealkylation sites (tertiary alicyclic amines) is 1. The van der Waals surface area contributed by atoms with Gasteiger partial charge in [0.1, 0.15) is 0 Å². The summed E-state index contributed by atoms with van der Waals surface area (Å²) in [6.07, 6.45) is 1.32. The van der Waals surface area contributed by atoms with Crippen molar-refractivity contribution < 1.29 is 9.59 Å². The molecule has 1 aliphatic rings. The highest BCUT2D eigenvalue weighted by atomic mass is 35.5. The summed E-state index contributed by atoms with van der Waals surface area (Å²) in [6, 6.07) is 16.3. The zero-order valence-electron chi connectivity index (χ0n) is 13.7. The number of urea groups is 1. The Hall–Kier alpha value is -2.53. The van der Waals surface area contributed by atoms with E-state index in [2.05, 4.69) is 10.6 Å². The summed E-state index contributed by atoms with van der Waals surface area (Å²) in [5.41, 5.74) is 1.51. The van der Waals surface area contributed by atoms with Crippen LogP contribution in [0.3, 0.4) is 0 Å². The molecule has 25 heavy (non-hydrogen) atoms. The van der Waals surface area contributed by atoms with Crippen molar-refractivity contribution in [2.24, 2.45) is 5.92 Å². The number of benzene rings is 2. The van der Waals surface area contributed by atoms with Crippen LogP contribution in [0.4, 0.5) is 16.2 Å². The van der Waals surface area contributed by atoms with Gasteiger partial charge in [-0.1, -0.05) is 29.8 Å². The van der Waals surface area contributed by atoms with Crippen LogP contribution in [0.15, 0.2) is 54.6 Å². The molecule has 5 nitrogen and oxygen atoms in total. The van der Waals surface area contributed by atoms with Crippen molar-refractivity contribution in [3.8, 4) is 0 Å². The van der Waals surface area contributed by atoms with E-state index < -0.39 is 0 Å². The normalized spacial score (nSPS) is 14.8. The second kappa shape index (κ2) is 8.03. The third kappa shape index (κ3) is 4.73. The number of anilines is 2. The van der Waals surface area contributed by atoms with E-state index in [0.717, 1.165) is 5.69 Å². The molecule has 1 aliphatic heterocycles. The molecule has 2 aromatic carbocycles. The summed E-state index contributed by atoms with van der Waals surface area (Å²) in [6.45, 7) is 1.12. The van der Waals surface area contributed by atoms with E-state index in [0.29, 0.717) is 36.6 Å². The predicted octanol–water partition coefficient (Wildman–Crippen LogP) is 4.22. The van der Waals surface area contributed by atoms with Crippen LogP contribution in [0.5, 0.6) is 0 Å². The first-order valence-electron chi connectivity index (χ1n) is 8.29. The Morgan fingerprint density at radius 1 is 0.880 bits per heavy atom. The fraction of sp³-hybridized carbons (Fsp3) is 0.263. The number of carbonyl (C=O) groups excluding carboxylic acids is 2. The van der Waals surface area contributed by atoms with Crippen LogP contribution in [0.1, 0.15) is 12.8 Å². The number of nitrogens with one attached hydrogen (secondary N) is 2. The molecule has 0 bridgehead atoms. The van der Waals surface area contributed by atoms with Gasteiger partial charge >= 0.3 is 6.03 Å². The Bertz CT molecular complexity index is 726. The number of carbonyl (C=O) groups is 2. The molecule has 3 rings (SSSR count). The van der Waals surface area contributed by atoms with Crippen LogP contribution in [-0.2, 0) is 4.79 Å². The Labute approximate surface area is 152 Å². The minimum Gasteiger partial charge on any atom is -0.326 e. The lowest BCUT2D eigenvalue weighted by Gasteiger charge is -2.31. The van der Waals surface area contributed by atoms with E-state index in [-0.39, 0.29) is 17.9 Å². The molecule has 1 saturated heterocycles. The number of piperidine rings is 1. The lowest BCUT2D eigenvalue weighted by molar-refractivity contribution is -0.121. The predicted molar refractivity (Wildman–Crippen MR) is 99.8 cm³/mol. The van der Waals surface area contributed by atoms with Gasteiger partial charge in [-0.3, -0.25) is 4.79 Å². The second-order valence-corrected chi connectivity index (χ2v) is 6.49. The zero-order chi connectivity index (χ0) is 17.6. The first-order chi connectivity index (χ1) is 12.1. The van der Waals surface area contributed by atoms with Gasteiger partial charge < -0.3 is 15.5 Å². The van der Waals surface area contributed by atoms with Gasteiger partial charge in [-0.25, -0.2) is 4.79 Å². The molecular weight excluding hydrogens is 338 g/mol. The fourth-order valence-electron chi connectivity index (χ4n) is 2.85. The molecule has 1 heterocycles. The molecule has 0 atom stereocenters. The summed E-state index contributed by atoms with van der Waals surface area (Å²) in [5, 5.41) is 6.41. The van der Waals surface area contributed by atoms with E-state index >= 15 is 0 Å². The third-order valence-electron chi connectivity index (χ3n) is 4.29. The van der Waals surface area contributed by atoms with E-state index in [9.17, 15) is 9.59 Å². The van der Waals surface area contributed by atoms with Crippen molar-refractivity contribution in [2.75, 3.05) is 23.7 Å². The van der Waals surface area contributed by atoms with E-state index in [1.54, 1.807) is 29.2 Å². The number of hydrogen-bond acceptors (Lipinski definition) is 2. The van der Waals surface area contributed by atoms with Crippen molar-refractivity contribution >= 4 is 34.9 Å². The van der Waals surface area contributed by atoms with E-state index in [1.165, 1.54) is 0 Å². The highest BCUT2D eigenvalue weighted by molar-refractivity contribution is 6.30. The average molecular weight is 358 g/mol. The quantitative estimate of drug-likeness (QED) is 0.863. The smallest absolute Gasteiger partial charge is 0.321 e. The molecule has 0 aromatic heterocycles. The van der Waals surface area contributed by atoms with Crippen LogP contribution < -0.4 is 10.6 Å². The Morgan fingerprint density at radius 3 is 2.12 bits per heavy atom. The lowest BCUT2D eigenvalue weighted by Crippen LogP contribution is -2.43. The Morgan fingerprint density at radius 2 is 1.48 bits per heavy atom. The van der Waals surface area contributed by atoms with Crippen molar-refractivity contribution in [3.05, 3.63) is 59.6 Å². The molecule has 0 aliphatic carbocycles. The summed E-state index contributed by atoms with van der Waals surface area (Å²) in [7, 11) is 0. The first kappa shape index (κ1) is 17.3. The number of rotatable bonds is 3. The van der Waals surface area contributed by atoms with Gasteiger partial charge in [0.05, 0.1) is 0 Å². The highest BCUT2D eigenvalue weighted by Crippen LogP contribution is 2.21. The Kier molecular flexibility index (Phi) is 5.56. The first-order valence-corrected chi connectivity index (χ1v) is 8.67. The van der Waals surface area contributed by atoms with Gasteiger partial charge in [-0.15, -0.1) is 0 Å². The number of amides is 3. The number of para-hydroxylation sites is 1. The van der Waals surface area contributed by atoms with Crippen LogP contribution in [0, 0.1) is 5.92 Å². The number of nitrogens with zero attached hydrogens (tertiary/aromatic N) is 1. The summed E-state index contributed by atoms with van der Waals surface area (Å²) >= 11 is 5.84. The topological polar surface area (TPSA) is 61.4 Å². The molecule has 1 fully saturated rings. The molecule has 0 radical (unpaired) electrons. The fourth-order valence-corrected chi connectivity index (χ4v) is 2.97. The minimum atomic E-state index is -0.149. The SMILES string of the molecule is O=C(Nc1ccccc1)C1CCN(C(=O)Nc2ccc(Cl)cc2)CC1. The largest absolute Gasteiger partial charge is 0.326 e.